The van der Waals surface area contributed by atoms with Gasteiger partial charge in [-0.25, -0.2) is 9.48 Å². The zero-order valence-corrected chi connectivity index (χ0v) is 18.4. The first kappa shape index (κ1) is 22.2. The van der Waals surface area contributed by atoms with Crippen LogP contribution in [0.15, 0.2) is 48.5 Å². The molecule has 0 fully saturated rings. The zero-order valence-electron chi connectivity index (χ0n) is 16.2. The number of aryl methyl sites for hydroxylation is 1. The molecular weight excluding hydrogens is 449 g/mol. The van der Waals surface area contributed by atoms with Crippen molar-refractivity contribution >= 4 is 52.4 Å². The predicted molar refractivity (Wildman–Crippen MR) is 117 cm³/mol. The van der Waals surface area contributed by atoms with E-state index in [9.17, 15) is 9.59 Å². The molecule has 1 amide bonds. The second-order valence-electron chi connectivity index (χ2n) is 6.56. The minimum absolute atomic E-state index is 0.119. The van der Waals surface area contributed by atoms with E-state index in [1.165, 1.54) is 17.7 Å². The highest BCUT2D eigenvalue weighted by Crippen LogP contribution is 2.26. The van der Waals surface area contributed by atoms with Gasteiger partial charge in [-0.3, -0.25) is 4.79 Å². The van der Waals surface area contributed by atoms with Crippen LogP contribution in [0.4, 0.5) is 5.69 Å². The van der Waals surface area contributed by atoms with E-state index in [1.807, 2.05) is 30.3 Å². The molecule has 0 unspecified atom stereocenters. The molecule has 1 N–H and O–H groups in total. The van der Waals surface area contributed by atoms with Gasteiger partial charge in [-0.2, -0.15) is 5.10 Å². The lowest BCUT2D eigenvalue weighted by molar-refractivity contribution is -0.123. The molecule has 1 heterocycles. The van der Waals surface area contributed by atoms with Crippen LogP contribution in [-0.4, -0.2) is 27.8 Å². The number of esters is 1. The van der Waals surface area contributed by atoms with Crippen molar-refractivity contribution in [2.75, 3.05) is 5.32 Å². The number of halogens is 3. The lowest BCUT2D eigenvalue weighted by atomic mass is 10.2. The Kier molecular flexibility index (Phi) is 7.02. The van der Waals surface area contributed by atoms with E-state index in [-0.39, 0.29) is 10.7 Å². The molecular formula is C21H18Cl3N3O3. The van der Waals surface area contributed by atoms with Crippen LogP contribution in [0.3, 0.4) is 0 Å². The Bertz CT molecular complexity index is 1080. The van der Waals surface area contributed by atoms with E-state index in [2.05, 4.69) is 10.4 Å². The van der Waals surface area contributed by atoms with Gasteiger partial charge in [0.1, 0.15) is 10.7 Å². The Labute approximate surface area is 188 Å². The molecule has 3 aromatic rings. The van der Waals surface area contributed by atoms with E-state index in [1.54, 1.807) is 19.1 Å². The number of rotatable bonds is 6. The van der Waals surface area contributed by atoms with Crippen LogP contribution in [0.1, 0.15) is 28.5 Å². The van der Waals surface area contributed by atoms with Gasteiger partial charge in [0.15, 0.2) is 6.10 Å². The Morgan fingerprint density at radius 2 is 1.83 bits per heavy atom. The number of aromatic nitrogens is 2. The van der Waals surface area contributed by atoms with E-state index < -0.39 is 18.0 Å². The highest BCUT2D eigenvalue weighted by molar-refractivity contribution is 6.35. The van der Waals surface area contributed by atoms with Gasteiger partial charge in [-0.05, 0) is 37.6 Å². The second kappa shape index (κ2) is 9.51. The molecule has 30 heavy (non-hydrogen) atoms. The lowest BCUT2D eigenvalue weighted by Crippen LogP contribution is -2.30. The van der Waals surface area contributed by atoms with Gasteiger partial charge in [-0.15, -0.1) is 0 Å². The van der Waals surface area contributed by atoms with Crippen LogP contribution >= 0.6 is 34.8 Å². The number of benzene rings is 2. The van der Waals surface area contributed by atoms with Gasteiger partial charge in [0.05, 0.1) is 22.9 Å². The molecule has 0 saturated heterocycles. The number of ether oxygens (including phenoxy) is 1. The third-order valence-electron chi connectivity index (χ3n) is 4.28. The number of anilines is 1. The maximum atomic E-state index is 12.7. The minimum Gasteiger partial charge on any atom is -0.449 e. The van der Waals surface area contributed by atoms with Crippen molar-refractivity contribution in [2.45, 2.75) is 26.5 Å². The maximum absolute atomic E-state index is 12.7. The van der Waals surface area contributed by atoms with Gasteiger partial charge in [0.2, 0.25) is 0 Å². The average Bonchev–Trinajstić information content (AvgIpc) is 2.98. The summed E-state index contributed by atoms with van der Waals surface area (Å²) in [7, 11) is 0. The molecule has 0 aliphatic heterocycles. The number of carbonyl (C=O) groups excluding carboxylic acids is 2. The van der Waals surface area contributed by atoms with E-state index in [0.29, 0.717) is 28.0 Å². The molecule has 2 aromatic carbocycles. The molecule has 0 radical (unpaired) electrons. The molecule has 0 aliphatic rings. The smallest absolute Gasteiger partial charge is 0.343 e. The van der Waals surface area contributed by atoms with Crippen molar-refractivity contribution in [3.63, 3.8) is 0 Å². The van der Waals surface area contributed by atoms with Crippen molar-refractivity contribution in [3.8, 4) is 0 Å². The van der Waals surface area contributed by atoms with Crippen molar-refractivity contribution in [1.82, 2.24) is 9.78 Å². The largest absolute Gasteiger partial charge is 0.449 e. The third-order valence-corrected chi connectivity index (χ3v) is 5.23. The molecule has 3 rings (SSSR count). The number of nitrogens with one attached hydrogen (secondary N) is 1. The standard InChI is InChI=1S/C21H18Cl3N3O3/c1-12-18(19(24)27(26-12)11-14-6-4-3-5-7-14)21(29)30-13(2)20(28)25-17-10-15(22)8-9-16(17)23/h3-10,13H,11H2,1-2H3,(H,25,28)/t13-/m1/s1. The summed E-state index contributed by atoms with van der Waals surface area (Å²) in [6, 6.07) is 14.2. The first-order chi connectivity index (χ1) is 14.3. The summed E-state index contributed by atoms with van der Waals surface area (Å²) >= 11 is 18.3. The Hall–Kier alpha value is -2.54. The van der Waals surface area contributed by atoms with E-state index in [0.717, 1.165) is 5.56 Å². The first-order valence-electron chi connectivity index (χ1n) is 9.00. The third kappa shape index (κ3) is 5.14. The van der Waals surface area contributed by atoms with E-state index >= 15 is 0 Å². The number of hydrogen-bond acceptors (Lipinski definition) is 4. The summed E-state index contributed by atoms with van der Waals surface area (Å²) in [6.07, 6.45) is -1.10. The van der Waals surface area contributed by atoms with E-state index in [4.69, 9.17) is 39.5 Å². The fourth-order valence-electron chi connectivity index (χ4n) is 2.75. The maximum Gasteiger partial charge on any atom is 0.343 e. The van der Waals surface area contributed by atoms with Crippen LogP contribution in [0.2, 0.25) is 15.2 Å². The van der Waals surface area contributed by atoms with Crippen LogP contribution in [0.5, 0.6) is 0 Å². The van der Waals surface area contributed by atoms with Crippen LogP contribution in [0.25, 0.3) is 0 Å². The quantitative estimate of drug-likeness (QED) is 0.495. The summed E-state index contributed by atoms with van der Waals surface area (Å²) in [5.41, 5.74) is 1.83. The molecule has 0 spiro atoms. The van der Waals surface area contributed by atoms with Gasteiger partial charge in [0.25, 0.3) is 5.91 Å². The zero-order chi connectivity index (χ0) is 21.8. The van der Waals surface area contributed by atoms with Gasteiger partial charge < -0.3 is 10.1 Å². The average molecular weight is 467 g/mol. The molecule has 156 valence electrons. The normalized spacial score (nSPS) is 11.8. The Morgan fingerprint density at radius 3 is 2.53 bits per heavy atom. The molecule has 0 aliphatic carbocycles. The first-order valence-corrected chi connectivity index (χ1v) is 10.1. The van der Waals surface area contributed by atoms with Crippen molar-refractivity contribution in [3.05, 3.63) is 80.6 Å². The van der Waals surface area contributed by atoms with Crippen molar-refractivity contribution < 1.29 is 14.3 Å². The topological polar surface area (TPSA) is 73.2 Å². The summed E-state index contributed by atoms with van der Waals surface area (Å²) in [5.74, 6) is -1.30. The molecule has 0 bridgehead atoms. The molecule has 1 atom stereocenters. The van der Waals surface area contributed by atoms with Crippen LogP contribution < -0.4 is 5.32 Å². The summed E-state index contributed by atoms with van der Waals surface area (Å²) < 4.78 is 6.81. The lowest BCUT2D eigenvalue weighted by Gasteiger charge is -2.14. The molecule has 6 nitrogen and oxygen atoms in total. The Balaban J connectivity index is 1.70. The summed E-state index contributed by atoms with van der Waals surface area (Å²) in [4.78, 5) is 25.1. The Morgan fingerprint density at radius 1 is 1.13 bits per heavy atom. The van der Waals surface area contributed by atoms with Crippen molar-refractivity contribution in [2.24, 2.45) is 0 Å². The monoisotopic (exact) mass is 465 g/mol. The fourth-order valence-corrected chi connectivity index (χ4v) is 3.40. The number of nitrogens with zero attached hydrogens (tertiary/aromatic N) is 2. The fraction of sp³-hybridized carbons (Fsp3) is 0.190. The summed E-state index contributed by atoms with van der Waals surface area (Å²) in [5, 5.41) is 7.77. The molecule has 1 aromatic heterocycles. The highest BCUT2D eigenvalue weighted by Gasteiger charge is 2.26. The summed E-state index contributed by atoms with van der Waals surface area (Å²) in [6.45, 7) is 3.50. The highest BCUT2D eigenvalue weighted by atomic mass is 35.5. The predicted octanol–water partition coefficient (Wildman–Crippen LogP) is 5.38. The van der Waals surface area contributed by atoms with Crippen molar-refractivity contribution in [1.29, 1.82) is 0 Å². The molecule has 9 heteroatoms. The van der Waals surface area contributed by atoms with Crippen LogP contribution in [-0.2, 0) is 16.1 Å². The van der Waals surface area contributed by atoms with Gasteiger partial charge >= 0.3 is 5.97 Å². The number of hydrogen-bond donors (Lipinski definition) is 1. The second-order valence-corrected chi connectivity index (χ2v) is 7.76. The van der Waals surface area contributed by atoms with Crippen LogP contribution in [0, 0.1) is 6.92 Å². The molecule has 0 saturated carbocycles. The SMILES string of the molecule is Cc1nn(Cc2ccccc2)c(Cl)c1C(=O)O[C@H](C)C(=O)Nc1cc(Cl)ccc1Cl. The van der Waals surface area contributed by atoms with Gasteiger partial charge in [-0.1, -0.05) is 65.1 Å². The minimum atomic E-state index is -1.10. The van der Waals surface area contributed by atoms with Gasteiger partial charge in [0, 0.05) is 5.02 Å². The number of amides is 1. The number of carbonyl (C=O) groups is 2.